The van der Waals surface area contributed by atoms with Crippen molar-refractivity contribution in [1.82, 2.24) is 9.88 Å². The molecule has 3 aromatic rings. The number of aromatic nitrogens is 1. The second kappa shape index (κ2) is 7.36. The van der Waals surface area contributed by atoms with Gasteiger partial charge >= 0.3 is 0 Å². The maximum atomic E-state index is 12.8. The van der Waals surface area contributed by atoms with Gasteiger partial charge in [-0.1, -0.05) is 6.07 Å². The minimum atomic E-state index is -0.871. The van der Waals surface area contributed by atoms with Crippen LogP contribution < -0.4 is 10.1 Å². The van der Waals surface area contributed by atoms with Gasteiger partial charge in [-0.3, -0.25) is 4.79 Å². The normalized spacial score (nSPS) is 12.1. The topological polar surface area (TPSA) is 63.5 Å². The van der Waals surface area contributed by atoms with E-state index in [1.807, 2.05) is 36.0 Å². The molecule has 0 aliphatic carbocycles. The highest BCUT2D eigenvalue weighted by molar-refractivity contribution is 6.06. The minimum absolute atomic E-state index is 0.00144. The first-order chi connectivity index (χ1) is 12.0. The molecule has 0 aliphatic heterocycles. The van der Waals surface area contributed by atoms with Crippen molar-refractivity contribution in [2.24, 2.45) is 7.05 Å². The Kier molecular flexibility index (Phi) is 5.00. The highest BCUT2D eigenvalue weighted by Crippen LogP contribution is 2.19. The highest BCUT2D eigenvalue weighted by Gasteiger charge is 2.13. The first-order valence-corrected chi connectivity index (χ1v) is 7.93. The zero-order valence-corrected chi connectivity index (χ0v) is 13.8. The van der Waals surface area contributed by atoms with Crippen LogP contribution in [0.2, 0.25) is 0 Å². The molecule has 0 saturated heterocycles. The van der Waals surface area contributed by atoms with Crippen molar-refractivity contribution in [3.05, 3.63) is 66.1 Å². The number of halogens is 1. The van der Waals surface area contributed by atoms with Crippen molar-refractivity contribution in [2.75, 3.05) is 13.2 Å². The van der Waals surface area contributed by atoms with Gasteiger partial charge in [-0.05, 0) is 42.5 Å². The van der Waals surface area contributed by atoms with Gasteiger partial charge < -0.3 is 19.7 Å². The predicted octanol–water partition coefficient (Wildman–Crippen LogP) is 2.49. The Morgan fingerprint density at radius 3 is 2.76 bits per heavy atom. The molecule has 1 unspecified atom stereocenters. The van der Waals surface area contributed by atoms with E-state index in [0.717, 1.165) is 10.9 Å². The quantitative estimate of drug-likeness (QED) is 0.723. The number of nitrogens with zero attached hydrogens (tertiary/aromatic N) is 1. The standard InChI is InChI=1S/C19H19FN2O3/c1-22-10-9-16-17(3-2-4-18(16)22)19(24)21-11-14(23)12-25-15-7-5-13(20)6-8-15/h2-10,14,23H,11-12H2,1H3,(H,21,24). The zero-order chi connectivity index (χ0) is 17.8. The maximum Gasteiger partial charge on any atom is 0.252 e. The van der Waals surface area contributed by atoms with Gasteiger partial charge in [0.25, 0.3) is 5.91 Å². The largest absolute Gasteiger partial charge is 0.491 e. The van der Waals surface area contributed by atoms with Gasteiger partial charge in [-0.15, -0.1) is 0 Å². The Morgan fingerprint density at radius 1 is 1.24 bits per heavy atom. The van der Waals surface area contributed by atoms with E-state index in [0.29, 0.717) is 11.3 Å². The van der Waals surface area contributed by atoms with Gasteiger partial charge in [-0.2, -0.15) is 0 Å². The number of hydrogen-bond donors (Lipinski definition) is 2. The van der Waals surface area contributed by atoms with Crippen LogP contribution >= 0.6 is 0 Å². The molecular weight excluding hydrogens is 323 g/mol. The summed E-state index contributed by atoms with van der Waals surface area (Å²) in [6.45, 7) is 0.0602. The van der Waals surface area contributed by atoms with E-state index in [-0.39, 0.29) is 24.9 Å². The third kappa shape index (κ3) is 3.97. The van der Waals surface area contributed by atoms with Crippen LogP contribution in [0.4, 0.5) is 4.39 Å². The Labute approximate surface area is 144 Å². The first-order valence-electron chi connectivity index (χ1n) is 7.93. The number of nitrogens with one attached hydrogen (secondary N) is 1. The Bertz CT molecular complexity index is 874. The number of aryl methyl sites for hydroxylation is 1. The molecule has 0 aliphatic rings. The fraction of sp³-hybridized carbons (Fsp3) is 0.211. The van der Waals surface area contributed by atoms with E-state index in [1.54, 1.807) is 6.07 Å². The van der Waals surface area contributed by atoms with Crippen LogP contribution in [0, 0.1) is 5.82 Å². The van der Waals surface area contributed by atoms with Crippen molar-refractivity contribution < 1.29 is 19.0 Å². The number of fused-ring (bicyclic) bond motifs is 1. The van der Waals surface area contributed by atoms with Crippen molar-refractivity contribution >= 4 is 16.8 Å². The maximum absolute atomic E-state index is 12.8. The number of carbonyl (C=O) groups is 1. The number of ether oxygens (including phenoxy) is 1. The van der Waals surface area contributed by atoms with E-state index < -0.39 is 6.10 Å². The fourth-order valence-corrected chi connectivity index (χ4v) is 2.59. The second-order valence-corrected chi connectivity index (χ2v) is 5.79. The van der Waals surface area contributed by atoms with Gasteiger partial charge in [-0.25, -0.2) is 4.39 Å². The summed E-state index contributed by atoms with van der Waals surface area (Å²) in [6.07, 6.45) is 1.02. The number of aliphatic hydroxyl groups excluding tert-OH is 1. The lowest BCUT2D eigenvalue weighted by Gasteiger charge is -2.13. The molecule has 6 heteroatoms. The Hall–Kier alpha value is -2.86. The molecule has 3 rings (SSSR count). The third-order valence-electron chi connectivity index (χ3n) is 3.93. The zero-order valence-electron chi connectivity index (χ0n) is 13.8. The molecule has 1 aromatic heterocycles. The van der Waals surface area contributed by atoms with Crippen LogP contribution in [0.25, 0.3) is 10.9 Å². The van der Waals surface area contributed by atoms with Crippen LogP contribution in [0.15, 0.2) is 54.7 Å². The minimum Gasteiger partial charge on any atom is -0.491 e. The third-order valence-corrected chi connectivity index (χ3v) is 3.93. The SMILES string of the molecule is Cn1ccc2c(C(=O)NCC(O)COc3ccc(F)cc3)cccc21. The van der Waals surface area contributed by atoms with Crippen LogP contribution in [-0.4, -0.2) is 34.8 Å². The van der Waals surface area contributed by atoms with Gasteiger partial charge in [0.2, 0.25) is 0 Å². The lowest BCUT2D eigenvalue weighted by molar-refractivity contribution is 0.0845. The number of carbonyl (C=O) groups excluding carboxylic acids is 1. The van der Waals surface area contributed by atoms with Crippen molar-refractivity contribution in [3.63, 3.8) is 0 Å². The summed E-state index contributed by atoms with van der Waals surface area (Å²) >= 11 is 0. The average Bonchev–Trinajstić information content (AvgIpc) is 3.00. The number of aliphatic hydroxyl groups is 1. The average molecular weight is 342 g/mol. The number of benzene rings is 2. The van der Waals surface area contributed by atoms with Crippen LogP contribution in [0.1, 0.15) is 10.4 Å². The smallest absolute Gasteiger partial charge is 0.252 e. The number of rotatable bonds is 6. The molecule has 0 radical (unpaired) electrons. The number of amides is 1. The summed E-state index contributed by atoms with van der Waals surface area (Å²) in [5.41, 5.74) is 1.53. The molecule has 0 spiro atoms. The molecule has 5 nitrogen and oxygen atoms in total. The first kappa shape index (κ1) is 17.0. The second-order valence-electron chi connectivity index (χ2n) is 5.79. The van der Waals surface area contributed by atoms with Crippen LogP contribution in [0.5, 0.6) is 5.75 Å². The summed E-state index contributed by atoms with van der Waals surface area (Å²) in [6, 6.07) is 12.9. The van der Waals surface area contributed by atoms with Gasteiger partial charge in [0.1, 0.15) is 24.3 Å². The molecule has 0 fully saturated rings. The molecule has 0 bridgehead atoms. The van der Waals surface area contributed by atoms with Crippen molar-refractivity contribution in [1.29, 1.82) is 0 Å². The summed E-state index contributed by atoms with van der Waals surface area (Å²) < 4.78 is 20.1. The van der Waals surface area contributed by atoms with Crippen LogP contribution in [-0.2, 0) is 7.05 Å². The monoisotopic (exact) mass is 342 g/mol. The summed E-state index contributed by atoms with van der Waals surface area (Å²) in [5, 5.41) is 13.5. The Morgan fingerprint density at radius 2 is 2.00 bits per heavy atom. The highest BCUT2D eigenvalue weighted by atomic mass is 19.1. The lowest BCUT2D eigenvalue weighted by Crippen LogP contribution is -2.35. The van der Waals surface area contributed by atoms with E-state index in [2.05, 4.69) is 5.32 Å². The molecule has 2 aromatic carbocycles. The van der Waals surface area contributed by atoms with Gasteiger partial charge in [0.15, 0.2) is 0 Å². The number of hydrogen-bond acceptors (Lipinski definition) is 3. The fourth-order valence-electron chi connectivity index (χ4n) is 2.59. The van der Waals surface area contributed by atoms with Gasteiger partial charge in [0, 0.05) is 36.3 Å². The summed E-state index contributed by atoms with van der Waals surface area (Å²) in [5.74, 6) is -0.145. The van der Waals surface area contributed by atoms with E-state index >= 15 is 0 Å². The van der Waals surface area contributed by atoms with Gasteiger partial charge in [0.05, 0.1) is 0 Å². The molecule has 25 heavy (non-hydrogen) atoms. The molecule has 130 valence electrons. The summed E-state index contributed by atoms with van der Waals surface area (Å²) in [7, 11) is 1.92. The van der Waals surface area contributed by atoms with E-state index in [1.165, 1.54) is 24.3 Å². The van der Waals surface area contributed by atoms with Crippen molar-refractivity contribution in [3.8, 4) is 5.75 Å². The summed E-state index contributed by atoms with van der Waals surface area (Å²) in [4.78, 5) is 12.4. The molecule has 1 atom stereocenters. The van der Waals surface area contributed by atoms with Crippen LogP contribution in [0.3, 0.4) is 0 Å². The molecule has 2 N–H and O–H groups in total. The lowest BCUT2D eigenvalue weighted by atomic mass is 10.1. The Balaban J connectivity index is 1.55. The molecule has 1 amide bonds. The molecule has 0 saturated carbocycles. The van der Waals surface area contributed by atoms with Crippen molar-refractivity contribution in [2.45, 2.75) is 6.10 Å². The molecular formula is C19H19FN2O3. The predicted molar refractivity (Wildman–Crippen MR) is 93.2 cm³/mol. The van der Waals surface area contributed by atoms with E-state index in [4.69, 9.17) is 4.74 Å². The van der Waals surface area contributed by atoms with E-state index in [9.17, 15) is 14.3 Å². The molecule has 1 heterocycles.